The molecule has 1 unspecified atom stereocenters. The Kier molecular flexibility index (Phi) is 4.29. The lowest BCUT2D eigenvalue weighted by atomic mass is 10.3. The summed E-state index contributed by atoms with van der Waals surface area (Å²) < 4.78 is 5.82. The molecule has 9 nitrogen and oxygen atoms in total. The molecule has 1 atom stereocenters. The predicted octanol–water partition coefficient (Wildman–Crippen LogP) is 4.11. The van der Waals surface area contributed by atoms with E-state index in [-0.39, 0.29) is 0 Å². The van der Waals surface area contributed by atoms with Crippen molar-refractivity contribution < 1.29 is 4.42 Å². The van der Waals surface area contributed by atoms with Crippen LogP contribution in [0.2, 0.25) is 0 Å². The Balaban J connectivity index is 1.76. The first-order valence-electron chi connectivity index (χ1n) is 9.88. The van der Waals surface area contributed by atoms with Crippen LogP contribution in [-0.2, 0) is 0 Å². The molecule has 2 aliphatic rings. The van der Waals surface area contributed by atoms with Gasteiger partial charge in [0.1, 0.15) is 12.0 Å². The van der Waals surface area contributed by atoms with Crippen LogP contribution >= 0.6 is 10.0 Å². The molecular weight excluding hydrogens is 424 g/mol. The number of hydrogen-bond donors (Lipinski definition) is 4. The van der Waals surface area contributed by atoms with Gasteiger partial charge in [-0.3, -0.25) is 5.10 Å². The summed E-state index contributed by atoms with van der Waals surface area (Å²) in [5.74, 6) is 1.10. The van der Waals surface area contributed by atoms with E-state index >= 15 is 0 Å². The minimum absolute atomic E-state index is 0.452. The van der Waals surface area contributed by atoms with Crippen molar-refractivity contribution in [2.75, 3.05) is 0 Å². The smallest absolute Gasteiger partial charge is 0.251 e. The van der Waals surface area contributed by atoms with Crippen LogP contribution in [0, 0.1) is 0 Å². The van der Waals surface area contributed by atoms with E-state index < -0.39 is 10.0 Å². The van der Waals surface area contributed by atoms with Crippen molar-refractivity contribution in [1.29, 1.82) is 0 Å². The first kappa shape index (κ1) is 18.5. The lowest BCUT2D eigenvalue weighted by Gasteiger charge is -2.39. The van der Waals surface area contributed by atoms with Crippen LogP contribution in [0.5, 0.6) is 0 Å². The number of aromatic nitrogens is 6. The van der Waals surface area contributed by atoms with E-state index in [1.54, 1.807) is 31.1 Å². The standard InChI is InChI=1S/C22H18N8OS/c1-2-5-16(23-8-3-1)32(17-6-4-9-24-17)19(15-7-10-28-30-15)18(20-25-11-12-26-20)29-22(32)21-27-13-14-31-21/h1-14,23-24H,(H,25,26)(H,28,30). The fraction of sp³-hybridized carbons (Fsp3) is 0. The molecule has 0 bridgehead atoms. The Hall–Kier alpha value is -4.31. The number of H-pyrrole nitrogens is 3. The number of rotatable bonds is 5. The molecular formula is C22H18N8OS. The molecule has 10 heteroatoms. The monoisotopic (exact) mass is 442 g/mol. The van der Waals surface area contributed by atoms with Crippen LogP contribution < -0.4 is 5.32 Å². The first-order valence-corrected chi connectivity index (χ1v) is 11.5. The van der Waals surface area contributed by atoms with E-state index in [9.17, 15) is 0 Å². The summed E-state index contributed by atoms with van der Waals surface area (Å²) in [6.45, 7) is 0. The van der Waals surface area contributed by atoms with Gasteiger partial charge >= 0.3 is 0 Å². The third-order valence-electron chi connectivity index (χ3n) is 5.13. The maximum atomic E-state index is 5.82. The second kappa shape index (κ2) is 7.43. The summed E-state index contributed by atoms with van der Waals surface area (Å²) in [6.07, 6.45) is 20.3. The molecule has 6 heterocycles. The van der Waals surface area contributed by atoms with Gasteiger partial charge in [-0.1, -0.05) is 22.2 Å². The molecule has 0 aromatic carbocycles. The summed E-state index contributed by atoms with van der Waals surface area (Å²) in [5, 5.41) is 13.5. The maximum Gasteiger partial charge on any atom is 0.251 e. The van der Waals surface area contributed by atoms with Gasteiger partial charge in [-0.15, -0.1) is 0 Å². The Morgan fingerprint density at radius 2 is 1.94 bits per heavy atom. The van der Waals surface area contributed by atoms with Crippen LogP contribution in [0.4, 0.5) is 0 Å². The quantitative estimate of drug-likeness (QED) is 0.370. The number of nitrogens with one attached hydrogen (secondary N) is 4. The SMILES string of the molecule is C1=CC=C(S2(c3ccc[nH]3)C(c3ncco3)=NC(c3ncc[nH]3)=C2c2ccn[nH]2)NC=C1. The molecule has 0 fully saturated rings. The Bertz CT molecular complexity index is 1370. The Morgan fingerprint density at radius 3 is 2.69 bits per heavy atom. The van der Waals surface area contributed by atoms with Crippen LogP contribution in [0.15, 0.2) is 105 Å². The van der Waals surface area contributed by atoms with Gasteiger partial charge in [-0.2, -0.15) is 5.10 Å². The molecule has 0 aliphatic carbocycles. The van der Waals surface area contributed by atoms with Gasteiger partial charge < -0.3 is 19.7 Å². The fourth-order valence-corrected chi connectivity index (χ4v) is 7.69. The zero-order valence-electron chi connectivity index (χ0n) is 16.7. The Labute approximate surface area is 184 Å². The number of allylic oxidation sites excluding steroid dienone is 4. The fourth-order valence-electron chi connectivity index (χ4n) is 3.88. The number of aromatic amines is 3. The van der Waals surface area contributed by atoms with Crippen molar-refractivity contribution in [3.05, 3.63) is 108 Å². The highest BCUT2D eigenvalue weighted by molar-refractivity contribution is 8.55. The Morgan fingerprint density at radius 1 is 0.938 bits per heavy atom. The van der Waals surface area contributed by atoms with E-state index in [0.717, 1.165) is 20.7 Å². The molecule has 6 rings (SSSR count). The molecule has 158 valence electrons. The highest BCUT2D eigenvalue weighted by atomic mass is 32.3. The topological polar surface area (TPSA) is 124 Å². The molecule has 0 amide bonds. The summed E-state index contributed by atoms with van der Waals surface area (Å²) in [7, 11) is -2.19. The largest absolute Gasteiger partial charge is 0.443 e. The normalized spacial score (nSPS) is 22.2. The van der Waals surface area contributed by atoms with Crippen molar-refractivity contribution in [2.24, 2.45) is 4.99 Å². The zero-order chi connectivity index (χ0) is 21.4. The average molecular weight is 443 g/mol. The minimum Gasteiger partial charge on any atom is -0.443 e. The van der Waals surface area contributed by atoms with Crippen LogP contribution in [-0.4, -0.2) is 35.2 Å². The van der Waals surface area contributed by atoms with Crippen molar-refractivity contribution in [3.8, 4) is 0 Å². The molecule has 4 aromatic rings. The van der Waals surface area contributed by atoms with E-state index in [1.165, 1.54) is 0 Å². The number of imidazole rings is 1. The lowest BCUT2D eigenvalue weighted by Crippen LogP contribution is -2.22. The maximum absolute atomic E-state index is 5.82. The van der Waals surface area contributed by atoms with Gasteiger partial charge in [-0.25, -0.2) is 15.0 Å². The van der Waals surface area contributed by atoms with Crippen molar-refractivity contribution in [2.45, 2.75) is 5.03 Å². The molecule has 4 N–H and O–H groups in total. The van der Waals surface area contributed by atoms with E-state index in [1.807, 2.05) is 42.8 Å². The van der Waals surface area contributed by atoms with E-state index in [0.29, 0.717) is 22.5 Å². The highest BCUT2D eigenvalue weighted by Crippen LogP contribution is 2.75. The summed E-state index contributed by atoms with van der Waals surface area (Å²) in [4.78, 5) is 21.7. The molecule has 0 spiro atoms. The van der Waals surface area contributed by atoms with Crippen molar-refractivity contribution in [1.82, 2.24) is 35.5 Å². The molecule has 0 saturated carbocycles. The molecule has 32 heavy (non-hydrogen) atoms. The lowest BCUT2D eigenvalue weighted by molar-refractivity contribution is 0.549. The van der Waals surface area contributed by atoms with Crippen molar-refractivity contribution in [3.63, 3.8) is 0 Å². The minimum atomic E-state index is -2.19. The third kappa shape index (κ3) is 2.66. The first-order chi connectivity index (χ1) is 15.9. The predicted molar refractivity (Wildman–Crippen MR) is 123 cm³/mol. The van der Waals surface area contributed by atoms with Crippen LogP contribution in [0.25, 0.3) is 10.6 Å². The van der Waals surface area contributed by atoms with Gasteiger partial charge in [-0.05, 0) is 30.4 Å². The van der Waals surface area contributed by atoms with Crippen LogP contribution in [0.3, 0.4) is 0 Å². The number of nitrogens with zero attached hydrogens (tertiary/aromatic N) is 4. The summed E-state index contributed by atoms with van der Waals surface area (Å²) in [6, 6.07) is 5.99. The van der Waals surface area contributed by atoms with Crippen LogP contribution in [0.1, 0.15) is 17.4 Å². The third-order valence-corrected chi connectivity index (χ3v) is 8.83. The van der Waals surface area contributed by atoms with Gasteiger partial charge in [0.25, 0.3) is 5.89 Å². The number of oxazole rings is 1. The summed E-state index contributed by atoms with van der Waals surface area (Å²) >= 11 is 0. The van der Waals surface area contributed by atoms with Gasteiger partial charge in [0.15, 0.2) is 10.9 Å². The average Bonchev–Trinajstić information content (AvgIpc) is 3.62. The molecule has 0 saturated heterocycles. The summed E-state index contributed by atoms with van der Waals surface area (Å²) in [5.41, 5.74) is 1.54. The molecule has 4 aromatic heterocycles. The van der Waals surface area contributed by atoms with E-state index in [4.69, 9.17) is 9.41 Å². The second-order valence-electron chi connectivity index (χ2n) is 6.91. The molecule has 0 radical (unpaired) electrons. The second-order valence-corrected chi connectivity index (χ2v) is 9.81. The number of aliphatic imine (C=N–C) groups is 1. The van der Waals surface area contributed by atoms with Crippen molar-refractivity contribution >= 4 is 25.7 Å². The molecule has 2 aliphatic heterocycles. The zero-order valence-corrected chi connectivity index (χ0v) is 17.5. The number of hydrogen-bond acceptors (Lipinski definition) is 6. The van der Waals surface area contributed by atoms with E-state index in [2.05, 4.69) is 47.6 Å². The van der Waals surface area contributed by atoms with Gasteiger partial charge in [0.05, 0.1) is 26.9 Å². The van der Waals surface area contributed by atoms with Gasteiger partial charge in [0.2, 0.25) is 0 Å². The highest BCUT2D eigenvalue weighted by Gasteiger charge is 2.50. The van der Waals surface area contributed by atoms with Gasteiger partial charge in [0, 0.05) is 31.0 Å².